The second-order valence-electron chi connectivity index (χ2n) is 4.53. The zero-order valence-electron chi connectivity index (χ0n) is 12.0. The summed E-state index contributed by atoms with van der Waals surface area (Å²) in [6, 6.07) is 10.6. The third-order valence-corrected chi connectivity index (χ3v) is 4.02. The van der Waals surface area contributed by atoms with E-state index in [1.54, 1.807) is 23.5 Å². The molecule has 1 N–H and O–H groups in total. The Hall–Kier alpha value is -1.83. The molecule has 0 aliphatic heterocycles. The summed E-state index contributed by atoms with van der Waals surface area (Å²) in [7, 11) is 0. The van der Waals surface area contributed by atoms with E-state index in [9.17, 15) is 4.39 Å². The van der Waals surface area contributed by atoms with Crippen molar-refractivity contribution in [1.82, 2.24) is 0 Å². The third-order valence-electron chi connectivity index (χ3n) is 3.03. The van der Waals surface area contributed by atoms with Gasteiger partial charge in [-0.05, 0) is 43.3 Å². The fourth-order valence-corrected chi connectivity index (χ4v) is 2.86. The molecule has 0 atom stereocenters. The fourth-order valence-electron chi connectivity index (χ4n) is 1.96. The van der Waals surface area contributed by atoms with E-state index >= 15 is 0 Å². The maximum Gasteiger partial charge on any atom is 0.123 e. The van der Waals surface area contributed by atoms with Gasteiger partial charge in [0.2, 0.25) is 0 Å². The number of hydrogen-bond donors (Lipinski definition) is 1. The second kappa shape index (κ2) is 7.82. The molecule has 21 heavy (non-hydrogen) atoms. The first-order valence-corrected chi connectivity index (χ1v) is 7.73. The van der Waals surface area contributed by atoms with Crippen LogP contribution in [0.4, 0.5) is 10.1 Å². The molecule has 0 radical (unpaired) electrons. The molecule has 0 saturated carbocycles. The summed E-state index contributed by atoms with van der Waals surface area (Å²) in [6.45, 7) is 3.82. The van der Waals surface area contributed by atoms with Crippen molar-refractivity contribution in [2.75, 3.05) is 18.1 Å². The minimum Gasteiger partial charge on any atom is -0.395 e. The van der Waals surface area contributed by atoms with Gasteiger partial charge < -0.3 is 10.0 Å². The molecular formula is C17H18FNOS. The van der Waals surface area contributed by atoms with Gasteiger partial charge in [0, 0.05) is 23.5 Å². The molecule has 1 aromatic carbocycles. The first-order valence-electron chi connectivity index (χ1n) is 6.92. The van der Waals surface area contributed by atoms with Crippen LogP contribution in [0.2, 0.25) is 0 Å². The van der Waals surface area contributed by atoms with Crippen LogP contribution < -0.4 is 4.90 Å². The molecule has 2 rings (SSSR count). The Bertz CT molecular complexity index is 624. The number of anilines is 1. The molecular weight excluding hydrogens is 285 g/mol. The summed E-state index contributed by atoms with van der Waals surface area (Å²) in [6.07, 6.45) is 0.504. The lowest BCUT2D eigenvalue weighted by Crippen LogP contribution is -2.21. The van der Waals surface area contributed by atoms with Gasteiger partial charge in [-0.1, -0.05) is 11.8 Å². The van der Waals surface area contributed by atoms with Gasteiger partial charge in [-0.25, -0.2) is 4.39 Å². The molecule has 0 saturated heterocycles. The zero-order chi connectivity index (χ0) is 15.1. The molecule has 0 unspecified atom stereocenters. The number of nitrogens with zero attached hydrogens (tertiary/aromatic N) is 1. The van der Waals surface area contributed by atoms with Crippen molar-refractivity contribution in [3.05, 3.63) is 52.0 Å². The van der Waals surface area contributed by atoms with E-state index in [0.29, 0.717) is 6.42 Å². The molecule has 2 aromatic rings. The van der Waals surface area contributed by atoms with Crippen LogP contribution in [0.15, 0.2) is 36.4 Å². The lowest BCUT2D eigenvalue weighted by molar-refractivity contribution is 0.305. The Morgan fingerprint density at radius 2 is 1.95 bits per heavy atom. The van der Waals surface area contributed by atoms with Gasteiger partial charge in [0.15, 0.2) is 0 Å². The van der Waals surface area contributed by atoms with Crippen molar-refractivity contribution in [2.24, 2.45) is 0 Å². The summed E-state index contributed by atoms with van der Waals surface area (Å²) < 4.78 is 13.0. The maximum absolute atomic E-state index is 13.0. The number of aliphatic hydroxyl groups excluding tert-OH is 1. The minimum absolute atomic E-state index is 0.0966. The first-order chi connectivity index (χ1) is 10.2. The van der Waals surface area contributed by atoms with E-state index < -0.39 is 0 Å². The highest BCUT2D eigenvalue weighted by atomic mass is 32.1. The quantitative estimate of drug-likeness (QED) is 0.852. The Morgan fingerprint density at radius 1 is 1.19 bits per heavy atom. The average molecular weight is 303 g/mol. The van der Waals surface area contributed by atoms with Crippen LogP contribution in [-0.2, 0) is 6.54 Å². The van der Waals surface area contributed by atoms with Gasteiger partial charge in [0.1, 0.15) is 5.82 Å². The van der Waals surface area contributed by atoms with Gasteiger partial charge in [-0.2, -0.15) is 0 Å². The van der Waals surface area contributed by atoms with Crippen LogP contribution in [-0.4, -0.2) is 18.3 Å². The number of hydrogen-bond acceptors (Lipinski definition) is 3. The normalized spacial score (nSPS) is 10.0. The molecule has 1 aromatic heterocycles. The number of aliphatic hydroxyl groups is 1. The molecule has 110 valence electrons. The molecule has 0 spiro atoms. The Balaban J connectivity index is 2.05. The summed E-state index contributed by atoms with van der Waals surface area (Å²) in [5.74, 6) is 5.75. The molecule has 1 heterocycles. The van der Waals surface area contributed by atoms with E-state index in [-0.39, 0.29) is 12.4 Å². The Kier molecular flexibility index (Phi) is 5.79. The van der Waals surface area contributed by atoms with Crippen LogP contribution in [0.3, 0.4) is 0 Å². The molecule has 0 aliphatic rings. The first kappa shape index (κ1) is 15.6. The van der Waals surface area contributed by atoms with Crippen molar-refractivity contribution in [3.63, 3.8) is 0 Å². The molecule has 0 bridgehead atoms. The molecule has 4 heteroatoms. The minimum atomic E-state index is -0.215. The topological polar surface area (TPSA) is 23.5 Å². The van der Waals surface area contributed by atoms with Gasteiger partial charge in [-0.3, -0.25) is 0 Å². The average Bonchev–Trinajstić information content (AvgIpc) is 2.94. The van der Waals surface area contributed by atoms with E-state index in [4.69, 9.17) is 5.11 Å². The van der Waals surface area contributed by atoms with Gasteiger partial charge in [-0.15, -0.1) is 11.3 Å². The van der Waals surface area contributed by atoms with Crippen molar-refractivity contribution in [2.45, 2.75) is 19.9 Å². The Labute approximate surface area is 128 Å². The van der Waals surface area contributed by atoms with Crippen molar-refractivity contribution < 1.29 is 9.50 Å². The highest BCUT2D eigenvalue weighted by Crippen LogP contribution is 2.22. The van der Waals surface area contributed by atoms with E-state index in [2.05, 4.69) is 29.7 Å². The van der Waals surface area contributed by atoms with Crippen molar-refractivity contribution in [1.29, 1.82) is 0 Å². The number of benzene rings is 1. The van der Waals surface area contributed by atoms with E-state index in [1.165, 1.54) is 17.0 Å². The maximum atomic E-state index is 13.0. The molecule has 0 fully saturated rings. The highest BCUT2D eigenvalue weighted by Gasteiger charge is 2.07. The number of halogens is 1. The zero-order valence-corrected chi connectivity index (χ0v) is 12.8. The van der Waals surface area contributed by atoms with Crippen LogP contribution in [0.1, 0.15) is 23.1 Å². The second-order valence-corrected chi connectivity index (χ2v) is 5.70. The Morgan fingerprint density at radius 3 is 2.62 bits per heavy atom. The van der Waals surface area contributed by atoms with Crippen LogP contribution in [0.5, 0.6) is 0 Å². The van der Waals surface area contributed by atoms with Gasteiger partial charge in [0.25, 0.3) is 0 Å². The van der Waals surface area contributed by atoms with Crippen LogP contribution in [0, 0.1) is 17.7 Å². The standard InChI is InChI=1S/C17H18FNOS/c1-2-19(15-8-6-14(18)7-9-15)13-17-11-10-16(21-17)5-3-4-12-20/h6-11,20H,2,4,12-13H2,1H3. The van der Waals surface area contributed by atoms with Crippen LogP contribution >= 0.6 is 11.3 Å². The predicted molar refractivity (Wildman–Crippen MR) is 86.0 cm³/mol. The SMILES string of the molecule is CCN(Cc1ccc(C#CCCO)s1)c1ccc(F)cc1. The fraction of sp³-hybridized carbons (Fsp3) is 0.294. The van der Waals surface area contributed by atoms with Crippen molar-refractivity contribution >= 4 is 17.0 Å². The predicted octanol–water partition coefficient (Wildman–Crippen LogP) is 3.65. The lowest BCUT2D eigenvalue weighted by atomic mass is 10.2. The summed E-state index contributed by atoms with van der Waals surface area (Å²) in [5, 5.41) is 8.71. The van der Waals surface area contributed by atoms with Gasteiger partial charge in [0.05, 0.1) is 18.0 Å². The summed E-state index contributed by atoms with van der Waals surface area (Å²) in [5.41, 5.74) is 1.01. The van der Waals surface area contributed by atoms with Gasteiger partial charge >= 0.3 is 0 Å². The monoisotopic (exact) mass is 303 g/mol. The van der Waals surface area contributed by atoms with E-state index in [0.717, 1.165) is 23.7 Å². The molecule has 0 aliphatic carbocycles. The van der Waals surface area contributed by atoms with E-state index in [1.807, 2.05) is 6.07 Å². The van der Waals surface area contributed by atoms with Crippen molar-refractivity contribution in [3.8, 4) is 11.8 Å². The lowest BCUT2D eigenvalue weighted by Gasteiger charge is -2.22. The van der Waals surface area contributed by atoms with Crippen LogP contribution in [0.25, 0.3) is 0 Å². The number of thiophene rings is 1. The number of rotatable bonds is 5. The largest absolute Gasteiger partial charge is 0.395 e. The summed E-state index contributed by atoms with van der Waals surface area (Å²) in [4.78, 5) is 4.42. The third kappa shape index (κ3) is 4.59. The molecule has 2 nitrogen and oxygen atoms in total. The molecule has 0 amide bonds. The summed E-state index contributed by atoms with van der Waals surface area (Å²) >= 11 is 1.65. The highest BCUT2D eigenvalue weighted by molar-refractivity contribution is 7.12. The smallest absolute Gasteiger partial charge is 0.123 e.